The van der Waals surface area contributed by atoms with Gasteiger partial charge in [0, 0.05) is 37.2 Å². The van der Waals surface area contributed by atoms with Gasteiger partial charge in [-0.15, -0.1) is 10.2 Å². The van der Waals surface area contributed by atoms with Crippen molar-refractivity contribution >= 4 is 34.7 Å². The van der Waals surface area contributed by atoms with Crippen LogP contribution in [0.2, 0.25) is 5.02 Å². The van der Waals surface area contributed by atoms with Gasteiger partial charge in [-0.1, -0.05) is 37.1 Å². The van der Waals surface area contributed by atoms with Crippen molar-refractivity contribution in [1.29, 1.82) is 0 Å². The molecule has 4 heterocycles. The summed E-state index contributed by atoms with van der Waals surface area (Å²) in [4.78, 5) is 33.1. The first-order chi connectivity index (χ1) is 21.2. The molecule has 0 spiro atoms. The maximum Gasteiger partial charge on any atom is 0.247 e. The number of hydrogen-bond acceptors (Lipinski definition) is 6. The Morgan fingerprint density at radius 2 is 1.93 bits per heavy atom. The summed E-state index contributed by atoms with van der Waals surface area (Å²) in [6, 6.07) is 11.5. The molecule has 11 heteroatoms. The molecule has 44 heavy (non-hydrogen) atoms. The molecule has 2 atom stereocenters. The minimum absolute atomic E-state index is 0.113. The van der Waals surface area contributed by atoms with Gasteiger partial charge in [-0.3, -0.25) is 14.6 Å². The average molecular weight is 618 g/mol. The van der Waals surface area contributed by atoms with Gasteiger partial charge in [0.1, 0.15) is 5.82 Å². The number of aromatic nitrogens is 3. The van der Waals surface area contributed by atoms with E-state index in [-0.39, 0.29) is 52.9 Å². The third-order valence-corrected chi connectivity index (χ3v) is 8.51. The quantitative estimate of drug-likeness (QED) is 0.246. The molecule has 2 aromatic heterocycles. The fourth-order valence-corrected chi connectivity index (χ4v) is 6.06. The van der Waals surface area contributed by atoms with E-state index in [0.717, 1.165) is 28.8 Å². The first-order valence-corrected chi connectivity index (χ1v) is 14.9. The van der Waals surface area contributed by atoms with E-state index in [1.165, 1.54) is 6.08 Å². The Morgan fingerprint density at radius 1 is 1.09 bits per heavy atom. The Balaban J connectivity index is 1.35. The summed E-state index contributed by atoms with van der Waals surface area (Å²) in [5, 5.41) is 10.9. The zero-order valence-corrected chi connectivity index (χ0v) is 25.0. The highest BCUT2D eigenvalue weighted by atomic mass is 35.5. The van der Waals surface area contributed by atoms with Gasteiger partial charge in [0.25, 0.3) is 0 Å². The predicted octanol–water partition coefficient (Wildman–Crippen LogP) is 7.08. The molecular formula is C33H30ClF2N5O3. The van der Waals surface area contributed by atoms with Crippen LogP contribution in [0.1, 0.15) is 67.1 Å². The Bertz CT molecular complexity index is 1790. The lowest BCUT2D eigenvalue weighted by molar-refractivity contribution is -0.129. The van der Waals surface area contributed by atoms with Crippen molar-refractivity contribution < 1.29 is 22.8 Å². The second kappa shape index (κ2) is 12.3. The number of nitrogens with one attached hydrogen (secondary N) is 1. The SMILES string of the molecule is Cc1nnc(Cc2ccc3c(c2)NC(=O)[C@H](C)CCC[C@H](N2CCC(c4c(F)ccc(Cl)c4F)=CC2=O)c2ccnc-3c2)o1. The van der Waals surface area contributed by atoms with Crippen molar-refractivity contribution in [3.05, 3.63) is 99.9 Å². The van der Waals surface area contributed by atoms with Crippen LogP contribution in [-0.4, -0.2) is 38.4 Å². The molecule has 0 radical (unpaired) electrons. The lowest BCUT2D eigenvalue weighted by atomic mass is 9.91. The van der Waals surface area contributed by atoms with Gasteiger partial charge in [0.05, 0.1) is 34.4 Å². The number of benzene rings is 2. The lowest BCUT2D eigenvalue weighted by Crippen LogP contribution is -2.37. The van der Waals surface area contributed by atoms with Crippen molar-refractivity contribution in [3.63, 3.8) is 0 Å². The predicted molar refractivity (Wildman–Crippen MR) is 162 cm³/mol. The summed E-state index contributed by atoms with van der Waals surface area (Å²) in [7, 11) is 0. The van der Waals surface area contributed by atoms with Crippen molar-refractivity contribution in [3.8, 4) is 11.3 Å². The normalized spacial score (nSPS) is 19.0. The van der Waals surface area contributed by atoms with Gasteiger partial charge in [-0.05, 0) is 66.3 Å². The molecule has 226 valence electrons. The molecule has 4 aromatic rings. The highest BCUT2D eigenvalue weighted by Crippen LogP contribution is 2.38. The Kier molecular flexibility index (Phi) is 8.27. The first kappa shape index (κ1) is 29.6. The van der Waals surface area contributed by atoms with Crippen LogP contribution < -0.4 is 5.32 Å². The number of hydrogen-bond donors (Lipinski definition) is 1. The lowest BCUT2D eigenvalue weighted by Gasteiger charge is -2.35. The van der Waals surface area contributed by atoms with Crippen LogP contribution in [0.4, 0.5) is 14.5 Å². The highest BCUT2D eigenvalue weighted by molar-refractivity contribution is 6.31. The molecule has 2 aliphatic heterocycles. The molecular weight excluding hydrogens is 588 g/mol. The van der Waals surface area contributed by atoms with Crippen LogP contribution in [0, 0.1) is 24.5 Å². The number of carbonyl (C=O) groups is 2. The fourth-order valence-electron chi connectivity index (χ4n) is 5.90. The molecule has 0 saturated carbocycles. The number of amides is 2. The minimum Gasteiger partial charge on any atom is -0.425 e. The van der Waals surface area contributed by atoms with Crippen LogP contribution in [0.5, 0.6) is 0 Å². The molecule has 2 bridgehead atoms. The standard InChI is InChI=1S/C33H30ClF2N5O3/c1-18-4-3-5-28(41-13-11-22(17-30(41)42)31-25(35)9-8-24(34)32(31)36)21-10-12-37-26(16-21)23-7-6-20(14-27(23)38-33(18)43)15-29-40-39-19(2)44-29/h6-10,12,14,16-18,28H,3-5,11,13,15H2,1-2H3,(H,38,43)/t18-,28+/m1/s1. The second-order valence-corrected chi connectivity index (χ2v) is 11.7. The number of nitrogens with zero attached hydrogens (tertiary/aromatic N) is 4. The highest BCUT2D eigenvalue weighted by Gasteiger charge is 2.31. The number of halogens is 3. The van der Waals surface area contributed by atoms with E-state index in [0.29, 0.717) is 48.8 Å². The third kappa shape index (κ3) is 5.99. The van der Waals surface area contributed by atoms with Crippen molar-refractivity contribution in [2.24, 2.45) is 5.92 Å². The summed E-state index contributed by atoms with van der Waals surface area (Å²) in [6.07, 6.45) is 5.56. The molecule has 1 N–H and O–H groups in total. The molecule has 0 unspecified atom stereocenters. The van der Waals surface area contributed by atoms with Gasteiger partial charge >= 0.3 is 0 Å². The van der Waals surface area contributed by atoms with Crippen molar-refractivity contribution in [2.45, 2.75) is 52.0 Å². The largest absolute Gasteiger partial charge is 0.425 e. The molecule has 2 aromatic carbocycles. The summed E-state index contributed by atoms with van der Waals surface area (Å²) in [5.74, 6) is -1.41. The number of aryl methyl sites for hydroxylation is 1. The van der Waals surface area contributed by atoms with Gasteiger partial charge < -0.3 is 14.6 Å². The number of rotatable bonds is 4. The van der Waals surface area contributed by atoms with E-state index < -0.39 is 11.6 Å². The number of pyridine rings is 1. The minimum atomic E-state index is -0.870. The van der Waals surface area contributed by atoms with Crippen LogP contribution in [-0.2, 0) is 16.0 Å². The number of carbonyl (C=O) groups excluding carboxylic acids is 2. The van der Waals surface area contributed by atoms with Crippen LogP contribution in [0.3, 0.4) is 0 Å². The summed E-state index contributed by atoms with van der Waals surface area (Å²) in [6.45, 7) is 3.88. The van der Waals surface area contributed by atoms with E-state index in [2.05, 4.69) is 20.5 Å². The average Bonchev–Trinajstić information content (AvgIpc) is 3.41. The van der Waals surface area contributed by atoms with Crippen LogP contribution >= 0.6 is 11.6 Å². The zero-order chi connectivity index (χ0) is 31.0. The third-order valence-electron chi connectivity index (χ3n) is 8.22. The van der Waals surface area contributed by atoms with Crippen LogP contribution in [0.15, 0.2) is 59.2 Å². The molecule has 2 amide bonds. The summed E-state index contributed by atoms with van der Waals surface area (Å²) >= 11 is 5.91. The Morgan fingerprint density at radius 3 is 2.70 bits per heavy atom. The molecule has 8 nitrogen and oxygen atoms in total. The van der Waals surface area contributed by atoms with E-state index in [1.807, 2.05) is 37.3 Å². The maximum absolute atomic E-state index is 14.8. The summed E-state index contributed by atoms with van der Waals surface area (Å²) in [5.41, 5.74) is 3.77. The molecule has 0 aliphatic carbocycles. The van der Waals surface area contributed by atoms with Gasteiger partial charge in [0.15, 0.2) is 5.82 Å². The van der Waals surface area contributed by atoms with Crippen LogP contribution in [0.25, 0.3) is 16.8 Å². The van der Waals surface area contributed by atoms with Crippen molar-refractivity contribution in [2.75, 3.05) is 11.9 Å². The molecule has 6 rings (SSSR count). The van der Waals surface area contributed by atoms with E-state index in [9.17, 15) is 18.4 Å². The van der Waals surface area contributed by atoms with E-state index >= 15 is 0 Å². The van der Waals surface area contributed by atoms with Gasteiger partial charge in [-0.25, -0.2) is 8.78 Å². The fraction of sp³-hybridized carbons (Fsp3) is 0.303. The second-order valence-electron chi connectivity index (χ2n) is 11.3. The Hall–Kier alpha value is -4.44. The smallest absolute Gasteiger partial charge is 0.247 e. The molecule has 0 saturated heterocycles. The molecule has 0 fully saturated rings. The topological polar surface area (TPSA) is 101 Å². The maximum atomic E-state index is 14.8. The Labute approximate surface area is 258 Å². The first-order valence-electron chi connectivity index (χ1n) is 14.5. The van der Waals surface area contributed by atoms with E-state index in [4.69, 9.17) is 16.0 Å². The van der Waals surface area contributed by atoms with E-state index in [1.54, 1.807) is 18.0 Å². The number of fused-ring (bicyclic) bond motifs is 4. The monoisotopic (exact) mass is 617 g/mol. The summed E-state index contributed by atoms with van der Waals surface area (Å²) < 4.78 is 34.9. The van der Waals surface area contributed by atoms with Crippen molar-refractivity contribution in [1.82, 2.24) is 20.1 Å². The molecule has 2 aliphatic rings. The zero-order valence-electron chi connectivity index (χ0n) is 24.2. The van der Waals surface area contributed by atoms with Gasteiger partial charge in [0.2, 0.25) is 23.6 Å². The van der Waals surface area contributed by atoms with Gasteiger partial charge in [-0.2, -0.15) is 0 Å². The number of anilines is 1.